The third kappa shape index (κ3) is 5.53. The number of piperazine rings is 1. The number of halogens is 1. The molecule has 136 valence electrons. The molecule has 1 aliphatic heterocycles. The molecule has 0 radical (unpaired) electrons. The highest BCUT2D eigenvalue weighted by Crippen LogP contribution is 2.09. The van der Waals surface area contributed by atoms with E-state index in [1.165, 1.54) is 12.1 Å². The van der Waals surface area contributed by atoms with Crippen LogP contribution in [-0.4, -0.2) is 72.0 Å². The summed E-state index contributed by atoms with van der Waals surface area (Å²) < 4.78 is 13.0. The van der Waals surface area contributed by atoms with E-state index in [0.717, 1.165) is 25.2 Å². The van der Waals surface area contributed by atoms with Gasteiger partial charge in [-0.05, 0) is 37.7 Å². The number of hydrogen-bond acceptors (Lipinski definition) is 4. The average Bonchev–Trinajstić information content (AvgIpc) is 2.59. The summed E-state index contributed by atoms with van der Waals surface area (Å²) in [6.07, 6.45) is -0.221. The predicted octanol–water partition coefficient (Wildman–Crippen LogP) is 0.563. The van der Waals surface area contributed by atoms with Crippen molar-refractivity contribution in [1.29, 1.82) is 0 Å². The molecule has 7 nitrogen and oxygen atoms in total. The Labute approximate surface area is 145 Å². The molecule has 25 heavy (non-hydrogen) atoms. The molecule has 1 aliphatic rings. The topological polar surface area (TPSA) is 90.0 Å². The van der Waals surface area contributed by atoms with Crippen LogP contribution in [0.3, 0.4) is 0 Å². The van der Waals surface area contributed by atoms with E-state index in [1.807, 2.05) is 7.05 Å². The maximum Gasteiger partial charge on any atom is 0.303 e. The molecule has 0 spiro atoms. The first-order chi connectivity index (χ1) is 11.9. The number of carboxylic acid groups (broad SMARTS) is 1. The van der Waals surface area contributed by atoms with Gasteiger partial charge in [-0.2, -0.15) is 0 Å². The van der Waals surface area contributed by atoms with Gasteiger partial charge in [-0.3, -0.25) is 14.4 Å². The highest BCUT2D eigenvalue weighted by atomic mass is 19.1. The molecular formula is C17H22FN3O4. The van der Waals surface area contributed by atoms with E-state index in [1.54, 1.807) is 4.90 Å². The number of nitrogens with one attached hydrogen (secondary N) is 1. The minimum Gasteiger partial charge on any atom is -0.481 e. The standard InChI is InChI=1S/C17H22FN3O4/c1-20-8-10-21(11-9-20)17(25)14(6-7-15(22)23)19-16(24)12-2-4-13(18)5-3-12/h2-5,14H,6-11H2,1H3,(H,19,24)(H,22,23)/t14-/m0/s1. The van der Waals surface area contributed by atoms with Crippen LogP contribution in [0.2, 0.25) is 0 Å². The fourth-order valence-electron chi connectivity index (χ4n) is 2.62. The largest absolute Gasteiger partial charge is 0.481 e. The zero-order valence-electron chi connectivity index (χ0n) is 14.1. The van der Waals surface area contributed by atoms with Crippen molar-refractivity contribution in [3.63, 3.8) is 0 Å². The number of aliphatic carboxylic acids is 1. The first kappa shape index (κ1) is 18.9. The minimum atomic E-state index is -1.03. The van der Waals surface area contributed by atoms with Gasteiger partial charge in [0.25, 0.3) is 5.91 Å². The van der Waals surface area contributed by atoms with Crippen LogP contribution in [0.1, 0.15) is 23.2 Å². The van der Waals surface area contributed by atoms with E-state index in [4.69, 9.17) is 5.11 Å². The van der Waals surface area contributed by atoms with E-state index in [0.29, 0.717) is 13.1 Å². The predicted molar refractivity (Wildman–Crippen MR) is 88.6 cm³/mol. The Morgan fingerprint density at radius 2 is 1.76 bits per heavy atom. The van der Waals surface area contributed by atoms with Gasteiger partial charge in [0, 0.05) is 38.2 Å². The molecular weight excluding hydrogens is 329 g/mol. The Bertz CT molecular complexity index is 627. The summed E-state index contributed by atoms with van der Waals surface area (Å²) in [4.78, 5) is 39.5. The molecule has 8 heteroatoms. The second kappa shape index (κ2) is 8.57. The highest BCUT2D eigenvalue weighted by Gasteiger charge is 2.28. The monoisotopic (exact) mass is 351 g/mol. The Morgan fingerprint density at radius 1 is 1.16 bits per heavy atom. The van der Waals surface area contributed by atoms with Crippen LogP contribution in [0.15, 0.2) is 24.3 Å². The Morgan fingerprint density at radius 3 is 2.32 bits per heavy atom. The van der Waals surface area contributed by atoms with Gasteiger partial charge in [0.15, 0.2) is 0 Å². The van der Waals surface area contributed by atoms with Crippen molar-refractivity contribution in [3.05, 3.63) is 35.6 Å². The van der Waals surface area contributed by atoms with Crippen LogP contribution in [0.4, 0.5) is 4.39 Å². The summed E-state index contributed by atoms with van der Waals surface area (Å²) >= 11 is 0. The summed E-state index contributed by atoms with van der Waals surface area (Å²) in [5, 5.41) is 11.5. The molecule has 2 N–H and O–H groups in total. The van der Waals surface area contributed by atoms with Crippen LogP contribution < -0.4 is 5.32 Å². The van der Waals surface area contributed by atoms with Crippen molar-refractivity contribution < 1.29 is 23.9 Å². The van der Waals surface area contributed by atoms with Gasteiger partial charge in [0.1, 0.15) is 11.9 Å². The Balaban J connectivity index is 2.06. The molecule has 0 aromatic heterocycles. The third-order valence-corrected chi connectivity index (χ3v) is 4.17. The molecule has 1 aromatic rings. The maximum atomic E-state index is 13.0. The van der Waals surface area contributed by atoms with Crippen molar-refractivity contribution in [3.8, 4) is 0 Å². The lowest BCUT2D eigenvalue weighted by molar-refractivity contribution is -0.138. The summed E-state index contributed by atoms with van der Waals surface area (Å²) in [5.74, 6) is -2.32. The summed E-state index contributed by atoms with van der Waals surface area (Å²) in [7, 11) is 1.96. The van der Waals surface area contributed by atoms with Gasteiger partial charge < -0.3 is 20.2 Å². The van der Waals surface area contributed by atoms with E-state index in [-0.39, 0.29) is 24.3 Å². The molecule has 1 heterocycles. The maximum absolute atomic E-state index is 13.0. The lowest BCUT2D eigenvalue weighted by Gasteiger charge is -2.34. The van der Waals surface area contributed by atoms with Gasteiger partial charge in [-0.1, -0.05) is 0 Å². The van der Waals surface area contributed by atoms with Crippen LogP contribution in [0, 0.1) is 5.82 Å². The number of hydrogen-bond donors (Lipinski definition) is 2. The van der Waals surface area contributed by atoms with Gasteiger partial charge in [-0.25, -0.2) is 4.39 Å². The quantitative estimate of drug-likeness (QED) is 0.782. The fourth-order valence-corrected chi connectivity index (χ4v) is 2.62. The normalized spacial score (nSPS) is 16.3. The minimum absolute atomic E-state index is 0.00738. The molecule has 0 unspecified atom stereocenters. The molecule has 1 atom stereocenters. The second-order valence-corrected chi connectivity index (χ2v) is 6.09. The molecule has 2 rings (SSSR count). The lowest BCUT2D eigenvalue weighted by atomic mass is 10.1. The number of rotatable bonds is 6. The third-order valence-electron chi connectivity index (χ3n) is 4.17. The van der Waals surface area contributed by atoms with Gasteiger partial charge in [0.2, 0.25) is 5.91 Å². The van der Waals surface area contributed by atoms with Gasteiger partial charge >= 0.3 is 5.97 Å². The van der Waals surface area contributed by atoms with E-state index >= 15 is 0 Å². The van der Waals surface area contributed by atoms with Crippen molar-refractivity contribution in [1.82, 2.24) is 15.1 Å². The molecule has 1 saturated heterocycles. The summed E-state index contributed by atoms with van der Waals surface area (Å²) in [6.45, 7) is 2.52. The zero-order chi connectivity index (χ0) is 18.4. The Kier molecular flexibility index (Phi) is 6.46. The smallest absolute Gasteiger partial charge is 0.303 e. The number of likely N-dealkylation sites (N-methyl/N-ethyl adjacent to an activating group) is 1. The van der Waals surface area contributed by atoms with Crippen LogP contribution in [-0.2, 0) is 9.59 Å². The molecule has 0 bridgehead atoms. The molecule has 1 fully saturated rings. The molecule has 1 aromatic carbocycles. The lowest BCUT2D eigenvalue weighted by Crippen LogP contribution is -2.54. The Hall–Kier alpha value is -2.48. The fraction of sp³-hybridized carbons (Fsp3) is 0.471. The second-order valence-electron chi connectivity index (χ2n) is 6.09. The SMILES string of the molecule is CN1CCN(C(=O)[C@H](CCC(=O)O)NC(=O)c2ccc(F)cc2)CC1. The van der Waals surface area contributed by atoms with Crippen LogP contribution in [0.5, 0.6) is 0 Å². The first-order valence-electron chi connectivity index (χ1n) is 8.12. The molecule has 0 saturated carbocycles. The zero-order valence-corrected chi connectivity index (χ0v) is 14.1. The highest BCUT2D eigenvalue weighted by molar-refractivity contribution is 5.97. The number of benzene rings is 1. The number of amides is 2. The van der Waals surface area contributed by atoms with Crippen LogP contribution in [0.25, 0.3) is 0 Å². The average molecular weight is 351 g/mol. The van der Waals surface area contributed by atoms with Gasteiger partial charge in [-0.15, -0.1) is 0 Å². The van der Waals surface area contributed by atoms with Crippen molar-refractivity contribution >= 4 is 17.8 Å². The summed E-state index contributed by atoms with van der Waals surface area (Å²) in [6, 6.07) is 4.03. The molecule has 0 aliphatic carbocycles. The van der Waals surface area contributed by atoms with Crippen molar-refractivity contribution in [2.45, 2.75) is 18.9 Å². The number of carbonyl (C=O) groups excluding carboxylic acids is 2. The van der Waals surface area contributed by atoms with E-state index < -0.39 is 23.7 Å². The van der Waals surface area contributed by atoms with Gasteiger partial charge in [0.05, 0.1) is 0 Å². The van der Waals surface area contributed by atoms with Crippen molar-refractivity contribution in [2.24, 2.45) is 0 Å². The van der Waals surface area contributed by atoms with Crippen LogP contribution >= 0.6 is 0 Å². The number of carbonyl (C=O) groups is 3. The first-order valence-corrected chi connectivity index (χ1v) is 8.12. The van der Waals surface area contributed by atoms with E-state index in [2.05, 4.69) is 10.2 Å². The number of nitrogens with zero attached hydrogens (tertiary/aromatic N) is 2. The summed E-state index contributed by atoms with van der Waals surface area (Å²) in [5.41, 5.74) is 0.216. The van der Waals surface area contributed by atoms with Crippen molar-refractivity contribution in [2.75, 3.05) is 33.2 Å². The van der Waals surface area contributed by atoms with E-state index in [9.17, 15) is 18.8 Å². The number of carboxylic acids is 1. The molecule has 2 amide bonds.